The predicted octanol–water partition coefficient (Wildman–Crippen LogP) is 4.75. The van der Waals surface area contributed by atoms with Crippen LogP contribution in [0.3, 0.4) is 0 Å². The highest BCUT2D eigenvalue weighted by Crippen LogP contribution is 2.26. The third-order valence-corrected chi connectivity index (χ3v) is 7.24. The van der Waals surface area contributed by atoms with Gasteiger partial charge in [-0.25, -0.2) is 12.7 Å². The number of anilines is 1. The lowest BCUT2D eigenvalue weighted by molar-refractivity contribution is 0.102. The summed E-state index contributed by atoms with van der Waals surface area (Å²) < 4.78 is 27.8. The first-order chi connectivity index (χ1) is 16.2. The third kappa shape index (κ3) is 5.20. The van der Waals surface area contributed by atoms with E-state index in [9.17, 15) is 13.2 Å². The summed E-state index contributed by atoms with van der Waals surface area (Å²) >= 11 is 6.04. The first-order valence-electron chi connectivity index (χ1n) is 10.5. The SMILES string of the molecule is CN(C)S(=O)(=O)c1cccc(NC(=O)c2cn(Cc3ccccc3)nc2-c2ccc(Cl)cc2)c1. The fourth-order valence-electron chi connectivity index (χ4n) is 3.40. The minimum Gasteiger partial charge on any atom is -0.322 e. The van der Waals surface area contributed by atoms with Gasteiger partial charge in [0.25, 0.3) is 5.91 Å². The Bertz CT molecular complexity index is 1420. The molecule has 0 aliphatic carbocycles. The lowest BCUT2D eigenvalue weighted by atomic mass is 10.1. The van der Waals surface area contributed by atoms with Crippen LogP contribution in [0.25, 0.3) is 11.3 Å². The van der Waals surface area contributed by atoms with Crippen molar-refractivity contribution < 1.29 is 13.2 Å². The summed E-state index contributed by atoms with van der Waals surface area (Å²) in [6, 6.07) is 23.0. The lowest BCUT2D eigenvalue weighted by Crippen LogP contribution is -2.22. The second-order valence-electron chi connectivity index (χ2n) is 7.85. The lowest BCUT2D eigenvalue weighted by Gasteiger charge is -2.12. The van der Waals surface area contributed by atoms with E-state index in [1.165, 1.54) is 26.2 Å². The molecule has 0 fully saturated rings. The summed E-state index contributed by atoms with van der Waals surface area (Å²) in [4.78, 5) is 13.4. The molecule has 4 aromatic rings. The molecular formula is C25H23ClN4O3S. The van der Waals surface area contributed by atoms with Gasteiger partial charge in [-0.3, -0.25) is 9.48 Å². The van der Waals surface area contributed by atoms with Gasteiger partial charge in [-0.1, -0.05) is 60.1 Å². The standard InChI is InChI=1S/C25H23ClN4O3S/c1-29(2)34(32,33)22-10-6-9-21(15-22)27-25(31)23-17-30(16-18-7-4-3-5-8-18)28-24(23)19-11-13-20(26)14-12-19/h3-15,17H,16H2,1-2H3,(H,27,31). The van der Waals surface area contributed by atoms with Gasteiger partial charge in [-0.15, -0.1) is 0 Å². The Morgan fingerprint density at radius 1 is 1.00 bits per heavy atom. The molecule has 0 radical (unpaired) electrons. The number of aromatic nitrogens is 2. The maximum atomic E-state index is 13.3. The second kappa shape index (κ2) is 9.80. The van der Waals surface area contributed by atoms with E-state index in [-0.39, 0.29) is 4.90 Å². The summed E-state index contributed by atoms with van der Waals surface area (Å²) in [5.41, 5.74) is 3.01. The molecule has 0 saturated carbocycles. The number of hydrogen-bond donors (Lipinski definition) is 1. The molecule has 0 bridgehead atoms. The van der Waals surface area contributed by atoms with Gasteiger partial charge in [0.15, 0.2) is 0 Å². The van der Waals surface area contributed by atoms with Crippen molar-refractivity contribution in [2.45, 2.75) is 11.4 Å². The van der Waals surface area contributed by atoms with Gasteiger partial charge in [-0.05, 0) is 35.9 Å². The topological polar surface area (TPSA) is 84.3 Å². The average molecular weight is 495 g/mol. The molecule has 0 atom stereocenters. The van der Waals surface area contributed by atoms with Gasteiger partial charge >= 0.3 is 0 Å². The monoisotopic (exact) mass is 494 g/mol. The van der Waals surface area contributed by atoms with Crippen molar-refractivity contribution in [3.05, 3.63) is 101 Å². The first kappa shape index (κ1) is 23.7. The molecule has 1 aromatic heterocycles. The number of hydrogen-bond acceptors (Lipinski definition) is 4. The molecule has 3 aromatic carbocycles. The molecular weight excluding hydrogens is 472 g/mol. The smallest absolute Gasteiger partial charge is 0.259 e. The number of carbonyl (C=O) groups excluding carboxylic acids is 1. The maximum Gasteiger partial charge on any atom is 0.259 e. The van der Waals surface area contributed by atoms with E-state index in [4.69, 9.17) is 11.6 Å². The first-order valence-corrected chi connectivity index (χ1v) is 12.3. The molecule has 0 unspecified atom stereocenters. The van der Waals surface area contributed by atoms with Crippen LogP contribution in [0, 0.1) is 0 Å². The molecule has 1 N–H and O–H groups in total. The minimum atomic E-state index is -3.63. The van der Waals surface area contributed by atoms with Crippen molar-refractivity contribution in [2.24, 2.45) is 0 Å². The zero-order valence-corrected chi connectivity index (χ0v) is 20.2. The molecule has 7 nitrogen and oxygen atoms in total. The van der Waals surface area contributed by atoms with Crippen molar-refractivity contribution in [1.29, 1.82) is 0 Å². The highest BCUT2D eigenvalue weighted by Gasteiger charge is 2.21. The van der Waals surface area contributed by atoms with Crippen molar-refractivity contribution in [3.8, 4) is 11.3 Å². The number of amides is 1. The number of rotatable bonds is 7. The van der Waals surface area contributed by atoms with Crippen LogP contribution >= 0.6 is 11.6 Å². The summed E-state index contributed by atoms with van der Waals surface area (Å²) in [5, 5.41) is 8.05. The summed E-state index contributed by atoms with van der Waals surface area (Å²) in [7, 11) is -0.716. The van der Waals surface area contributed by atoms with Crippen LogP contribution in [-0.2, 0) is 16.6 Å². The molecule has 0 saturated heterocycles. The van der Waals surface area contributed by atoms with E-state index in [0.29, 0.717) is 28.5 Å². The van der Waals surface area contributed by atoms with E-state index >= 15 is 0 Å². The van der Waals surface area contributed by atoms with E-state index in [2.05, 4.69) is 10.4 Å². The minimum absolute atomic E-state index is 0.0907. The third-order valence-electron chi connectivity index (χ3n) is 5.18. The van der Waals surface area contributed by atoms with Crippen LogP contribution in [0.2, 0.25) is 5.02 Å². The molecule has 0 spiro atoms. The molecule has 0 aliphatic heterocycles. The van der Waals surface area contributed by atoms with Gasteiger partial charge in [-0.2, -0.15) is 5.10 Å². The molecule has 9 heteroatoms. The largest absolute Gasteiger partial charge is 0.322 e. The Hall–Kier alpha value is -3.46. The van der Waals surface area contributed by atoms with E-state index in [0.717, 1.165) is 15.4 Å². The Kier molecular flexibility index (Phi) is 6.83. The zero-order chi connectivity index (χ0) is 24.3. The predicted molar refractivity (Wildman–Crippen MR) is 133 cm³/mol. The number of sulfonamides is 1. The Morgan fingerprint density at radius 2 is 1.71 bits per heavy atom. The normalized spacial score (nSPS) is 11.5. The molecule has 34 heavy (non-hydrogen) atoms. The molecule has 0 aliphatic rings. The number of halogens is 1. The van der Waals surface area contributed by atoms with E-state index in [1.807, 2.05) is 30.3 Å². The summed E-state index contributed by atoms with van der Waals surface area (Å²) in [6.07, 6.45) is 1.69. The highest BCUT2D eigenvalue weighted by molar-refractivity contribution is 7.89. The van der Waals surface area contributed by atoms with Crippen LogP contribution in [0.15, 0.2) is 90.0 Å². The average Bonchev–Trinajstić information content (AvgIpc) is 3.24. The molecule has 174 valence electrons. The van der Waals surface area contributed by atoms with Gasteiger partial charge in [0.1, 0.15) is 5.69 Å². The van der Waals surface area contributed by atoms with Crippen molar-refractivity contribution >= 4 is 33.2 Å². The molecule has 1 heterocycles. The summed E-state index contributed by atoms with van der Waals surface area (Å²) in [5.74, 6) is -0.399. The van der Waals surface area contributed by atoms with Crippen LogP contribution in [0.5, 0.6) is 0 Å². The summed E-state index contributed by atoms with van der Waals surface area (Å²) in [6.45, 7) is 0.491. The Morgan fingerprint density at radius 3 is 2.38 bits per heavy atom. The maximum absolute atomic E-state index is 13.3. The van der Waals surface area contributed by atoms with Crippen molar-refractivity contribution in [2.75, 3.05) is 19.4 Å². The van der Waals surface area contributed by atoms with E-state index in [1.54, 1.807) is 47.3 Å². The van der Waals surface area contributed by atoms with Gasteiger partial charge < -0.3 is 5.32 Å². The van der Waals surface area contributed by atoms with Crippen LogP contribution in [0.4, 0.5) is 5.69 Å². The van der Waals surface area contributed by atoms with Crippen molar-refractivity contribution in [3.63, 3.8) is 0 Å². The van der Waals surface area contributed by atoms with Gasteiger partial charge in [0.2, 0.25) is 10.0 Å². The van der Waals surface area contributed by atoms with Crippen LogP contribution in [0.1, 0.15) is 15.9 Å². The number of nitrogens with zero attached hydrogens (tertiary/aromatic N) is 3. The van der Waals surface area contributed by atoms with E-state index < -0.39 is 15.9 Å². The Balaban J connectivity index is 1.68. The number of carbonyl (C=O) groups is 1. The molecule has 4 rings (SSSR count). The highest BCUT2D eigenvalue weighted by atomic mass is 35.5. The van der Waals surface area contributed by atoms with Gasteiger partial charge in [0.05, 0.1) is 17.0 Å². The number of nitrogens with one attached hydrogen (secondary N) is 1. The fourth-order valence-corrected chi connectivity index (χ4v) is 4.48. The zero-order valence-electron chi connectivity index (χ0n) is 18.6. The van der Waals surface area contributed by atoms with Crippen molar-refractivity contribution in [1.82, 2.24) is 14.1 Å². The quantitative estimate of drug-likeness (QED) is 0.401. The molecule has 1 amide bonds. The fraction of sp³-hybridized carbons (Fsp3) is 0.120. The number of benzene rings is 3. The van der Waals surface area contributed by atoms with Crippen LogP contribution in [-0.4, -0.2) is 42.5 Å². The Labute approximate surface area is 203 Å². The van der Waals surface area contributed by atoms with Crippen LogP contribution < -0.4 is 5.32 Å². The van der Waals surface area contributed by atoms with Gasteiger partial charge in [0, 0.05) is 36.6 Å². The second-order valence-corrected chi connectivity index (χ2v) is 10.4.